The van der Waals surface area contributed by atoms with Crippen molar-refractivity contribution < 1.29 is 8.42 Å². The largest absolute Gasteiger partial charge is 0.250 e. The lowest BCUT2D eigenvalue weighted by atomic mass is 10.2. The van der Waals surface area contributed by atoms with E-state index in [1.54, 1.807) is 17.5 Å². The normalized spacial score (nSPS) is 11.7. The van der Waals surface area contributed by atoms with Crippen molar-refractivity contribution in [3.05, 3.63) is 51.5 Å². The van der Waals surface area contributed by atoms with Gasteiger partial charge in [-0.3, -0.25) is 0 Å². The van der Waals surface area contributed by atoms with Crippen molar-refractivity contribution in [1.29, 1.82) is 0 Å². The molecule has 0 atom stereocenters. The molecule has 4 nitrogen and oxygen atoms in total. The summed E-state index contributed by atoms with van der Waals surface area (Å²) in [5, 5.41) is 1.00. The molecule has 0 unspecified atom stereocenters. The SMILES string of the molecule is Cc1ccc(CS(=O)(=O)NCCc2cnc(C)s2)cc1. The fourth-order valence-electron chi connectivity index (χ4n) is 1.81. The zero-order chi connectivity index (χ0) is 14.6. The number of thiazole rings is 1. The van der Waals surface area contributed by atoms with E-state index in [-0.39, 0.29) is 5.75 Å². The average Bonchev–Trinajstić information content (AvgIpc) is 2.77. The number of hydrogen-bond donors (Lipinski definition) is 1. The summed E-state index contributed by atoms with van der Waals surface area (Å²) < 4.78 is 26.5. The van der Waals surface area contributed by atoms with Crippen molar-refractivity contribution >= 4 is 21.4 Å². The Labute approximate surface area is 123 Å². The number of nitrogens with one attached hydrogen (secondary N) is 1. The molecule has 0 aliphatic carbocycles. The Morgan fingerprint density at radius 2 is 1.90 bits per heavy atom. The molecule has 1 aromatic heterocycles. The predicted molar refractivity (Wildman–Crippen MR) is 82.4 cm³/mol. The van der Waals surface area contributed by atoms with Crippen molar-refractivity contribution in [1.82, 2.24) is 9.71 Å². The van der Waals surface area contributed by atoms with Crippen LogP contribution >= 0.6 is 11.3 Å². The fourth-order valence-corrected chi connectivity index (χ4v) is 3.75. The van der Waals surface area contributed by atoms with Crippen molar-refractivity contribution in [3.8, 4) is 0 Å². The van der Waals surface area contributed by atoms with Crippen LogP contribution in [0.3, 0.4) is 0 Å². The van der Waals surface area contributed by atoms with Gasteiger partial charge in [-0.1, -0.05) is 29.8 Å². The van der Waals surface area contributed by atoms with E-state index in [0.29, 0.717) is 13.0 Å². The first-order valence-corrected chi connectivity index (χ1v) is 8.86. The third kappa shape index (κ3) is 4.70. The van der Waals surface area contributed by atoms with Crippen LogP contribution in [0, 0.1) is 13.8 Å². The lowest BCUT2D eigenvalue weighted by molar-refractivity contribution is 0.581. The highest BCUT2D eigenvalue weighted by molar-refractivity contribution is 7.88. The molecular weight excluding hydrogens is 292 g/mol. The summed E-state index contributed by atoms with van der Waals surface area (Å²) in [7, 11) is -3.28. The van der Waals surface area contributed by atoms with Gasteiger partial charge in [0.15, 0.2) is 0 Å². The van der Waals surface area contributed by atoms with Gasteiger partial charge in [0.2, 0.25) is 10.0 Å². The van der Waals surface area contributed by atoms with Gasteiger partial charge in [-0.15, -0.1) is 11.3 Å². The van der Waals surface area contributed by atoms with Gasteiger partial charge in [0.1, 0.15) is 0 Å². The van der Waals surface area contributed by atoms with Gasteiger partial charge in [-0.05, 0) is 25.8 Å². The Hall–Kier alpha value is -1.24. The van der Waals surface area contributed by atoms with Crippen LogP contribution in [-0.2, 0) is 22.2 Å². The molecule has 108 valence electrons. The highest BCUT2D eigenvalue weighted by Gasteiger charge is 2.11. The van der Waals surface area contributed by atoms with Crippen LogP contribution < -0.4 is 4.72 Å². The Morgan fingerprint density at radius 3 is 2.50 bits per heavy atom. The topological polar surface area (TPSA) is 59.1 Å². The molecule has 2 rings (SSSR count). The fraction of sp³-hybridized carbons (Fsp3) is 0.357. The Balaban J connectivity index is 1.86. The maximum Gasteiger partial charge on any atom is 0.215 e. The molecule has 2 aromatic rings. The number of benzene rings is 1. The molecule has 0 aliphatic heterocycles. The van der Waals surface area contributed by atoms with Crippen LogP contribution in [-0.4, -0.2) is 19.9 Å². The molecule has 6 heteroatoms. The van der Waals surface area contributed by atoms with E-state index in [1.807, 2.05) is 38.1 Å². The number of sulfonamides is 1. The summed E-state index contributed by atoms with van der Waals surface area (Å²) in [6.45, 7) is 4.33. The van der Waals surface area contributed by atoms with Crippen LogP contribution in [0.15, 0.2) is 30.5 Å². The number of aryl methyl sites for hydroxylation is 2. The number of aromatic nitrogens is 1. The lowest BCUT2D eigenvalue weighted by Crippen LogP contribution is -2.27. The summed E-state index contributed by atoms with van der Waals surface area (Å²) in [5.74, 6) is 0.0228. The van der Waals surface area contributed by atoms with Gasteiger partial charge >= 0.3 is 0 Å². The molecule has 0 aliphatic rings. The molecule has 20 heavy (non-hydrogen) atoms. The Morgan fingerprint density at radius 1 is 1.20 bits per heavy atom. The maximum atomic E-state index is 12.0. The van der Waals surface area contributed by atoms with Crippen molar-refractivity contribution in [3.63, 3.8) is 0 Å². The summed E-state index contributed by atoms with van der Waals surface area (Å²) in [6, 6.07) is 7.54. The minimum Gasteiger partial charge on any atom is -0.250 e. The maximum absolute atomic E-state index is 12.0. The monoisotopic (exact) mass is 310 g/mol. The number of nitrogens with zero attached hydrogens (tertiary/aromatic N) is 1. The molecular formula is C14H18N2O2S2. The quantitative estimate of drug-likeness (QED) is 0.891. The number of hydrogen-bond acceptors (Lipinski definition) is 4. The van der Waals surface area contributed by atoms with Crippen LogP contribution in [0.5, 0.6) is 0 Å². The highest BCUT2D eigenvalue weighted by atomic mass is 32.2. The first-order chi connectivity index (χ1) is 9.44. The minimum absolute atomic E-state index is 0.0228. The van der Waals surface area contributed by atoms with Crippen molar-refractivity contribution in [2.45, 2.75) is 26.0 Å². The van der Waals surface area contributed by atoms with E-state index in [2.05, 4.69) is 9.71 Å². The summed E-state index contributed by atoms with van der Waals surface area (Å²) in [4.78, 5) is 5.25. The van der Waals surface area contributed by atoms with E-state index in [9.17, 15) is 8.42 Å². The van der Waals surface area contributed by atoms with Crippen molar-refractivity contribution in [2.24, 2.45) is 0 Å². The van der Waals surface area contributed by atoms with Crippen molar-refractivity contribution in [2.75, 3.05) is 6.54 Å². The van der Waals surface area contributed by atoms with Gasteiger partial charge in [-0.25, -0.2) is 18.1 Å². The zero-order valence-corrected chi connectivity index (χ0v) is 13.2. The summed E-state index contributed by atoms with van der Waals surface area (Å²) >= 11 is 1.60. The third-order valence-electron chi connectivity index (χ3n) is 2.84. The Bertz CT molecular complexity index is 661. The Kier molecular flexibility index (Phi) is 4.91. The zero-order valence-electron chi connectivity index (χ0n) is 11.6. The van der Waals surface area contributed by atoms with E-state index in [1.165, 1.54) is 0 Å². The number of rotatable bonds is 6. The minimum atomic E-state index is -3.28. The lowest BCUT2D eigenvalue weighted by Gasteiger charge is -2.06. The summed E-state index contributed by atoms with van der Waals surface area (Å²) in [6.07, 6.45) is 2.48. The van der Waals surface area contributed by atoms with Gasteiger partial charge in [0, 0.05) is 17.6 Å². The molecule has 1 aromatic carbocycles. The first-order valence-electron chi connectivity index (χ1n) is 6.39. The van der Waals surface area contributed by atoms with E-state index in [0.717, 1.165) is 21.0 Å². The van der Waals surface area contributed by atoms with Gasteiger partial charge in [-0.2, -0.15) is 0 Å². The first kappa shape index (κ1) is 15.2. The van der Waals surface area contributed by atoms with E-state index in [4.69, 9.17) is 0 Å². The molecule has 0 saturated heterocycles. The molecule has 1 N–H and O–H groups in total. The van der Waals surface area contributed by atoms with Gasteiger partial charge in [0.05, 0.1) is 10.8 Å². The molecule has 0 radical (unpaired) electrons. The van der Waals surface area contributed by atoms with Crippen LogP contribution in [0.25, 0.3) is 0 Å². The molecule has 0 fully saturated rings. The van der Waals surface area contributed by atoms with Crippen LogP contribution in [0.1, 0.15) is 21.0 Å². The molecule has 0 amide bonds. The standard InChI is InChI=1S/C14H18N2O2S2/c1-11-3-5-13(6-4-11)10-20(17,18)16-8-7-14-9-15-12(2)19-14/h3-6,9,16H,7-8,10H2,1-2H3. The van der Waals surface area contributed by atoms with Crippen LogP contribution in [0.2, 0.25) is 0 Å². The second kappa shape index (κ2) is 6.47. The smallest absolute Gasteiger partial charge is 0.215 e. The molecule has 0 saturated carbocycles. The third-order valence-corrected chi connectivity index (χ3v) is 5.17. The second-order valence-corrected chi connectivity index (χ2v) is 7.86. The van der Waals surface area contributed by atoms with E-state index >= 15 is 0 Å². The average molecular weight is 310 g/mol. The van der Waals surface area contributed by atoms with Gasteiger partial charge in [0.25, 0.3) is 0 Å². The highest BCUT2D eigenvalue weighted by Crippen LogP contribution is 2.12. The predicted octanol–water partition coefficient (Wildman–Crippen LogP) is 2.42. The molecule has 0 spiro atoms. The van der Waals surface area contributed by atoms with E-state index < -0.39 is 10.0 Å². The molecule has 1 heterocycles. The van der Waals surface area contributed by atoms with Gasteiger partial charge < -0.3 is 0 Å². The summed E-state index contributed by atoms with van der Waals surface area (Å²) in [5.41, 5.74) is 1.93. The van der Waals surface area contributed by atoms with Crippen LogP contribution in [0.4, 0.5) is 0 Å². The second-order valence-electron chi connectivity index (χ2n) is 4.73. The molecule has 0 bridgehead atoms.